The first-order chi connectivity index (χ1) is 8.66. The molecule has 1 saturated carbocycles. The molecule has 18 heavy (non-hydrogen) atoms. The molecule has 0 saturated heterocycles. The van der Waals surface area contributed by atoms with Crippen LogP contribution in [-0.4, -0.2) is 19.2 Å². The van der Waals surface area contributed by atoms with Crippen LogP contribution in [0.25, 0.3) is 0 Å². The van der Waals surface area contributed by atoms with Crippen LogP contribution < -0.4 is 10.1 Å². The second kappa shape index (κ2) is 6.24. The minimum Gasteiger partial charge on any atom is -0.492 e. The van der Waals surface area contributed by atoms with E-state index in [0.717, 1.165) is 24.8 Å². The van der Waals surface area contributed by atoms with Crippen LogP contribution in [0, 0.1) is 5.92 Å². The van der Waals surface area contributed by atoms with E-state index in [1.807, 2.05) is 0 Å². The van der Waals surface area contributed by atoms with Gasteiger partial charge in [-0.15, -0.1) is 0 Å². The molecule has 1 aliphatic rings. The number of rotatable bonds is 7. The monoisotopic (exact) mass is 247 g/mol. The third kappa shape index (κ3) is 4.02. The lowest BCUT2D eigenvalue weighted by Crippen LogP contribution is -2.31. The van der Waals surface area contributed by atoms with E-state index in [0.29, 0.717) is 12.0 Å². The summed E-state index contributed by atoms with van der Waals surface area (Å²) in [5.74, 6) is 2.47. The van der Waals surface area contributed by atoms with Gasteiger partial charge in [0.25, 0.3) is 0 Å². The first-order valence-electron chi connectivity index (χ1n) is 7.13. The van der Waals surface area contributed by atoms with Gasteiger partial charge in [-0.3, -0.25) is 0 Å². The van der Waals surface area contributed by atoms with Crippen molar-refractivity contribution >= 4 is 0 Å². The fraction of sp³-hybridized carbons (Fsp3) is 0.625. The molecule has 1 fully saturated rings. The number of nitrogens with one attached hydrogen (secondary N) is 1. The number of hydrogen-bond donors (Lipinski definition) is 1. The Labute approximate surface area is 111 Å². The number of ether oxygens (including phenoxy) is 1. The highest BCUT2D eigenvalue weighted by atomic mass is 16.5. The van der Waals surface area contributed by atoms with E-state index >= 15 is 0 Å². The molecule has 1 aromatic carbocycles. The lowest BCUT2D eigenvalue weighted by Gasteiger charge is -2.13. The van der Waals surface area contributed by atoms with E-state index in [9.17, 15) is 0 Å². The Morgan fingerprint density at radius 2 is 1.83 bits per heavy atom. The average molecular weight is 247 g/mol. The predicted molar refractivity (Wildman–Crippen MR) is 76.2 cm³/mol. The van der Waals surface area contributed by atoms with Gasteiger partial charge in [0.1, 0.15) is 12.4 Å². The fourth-order valence-electron chi connectivity index (χ4n) is 2.17. The highest BCUT2D eigenvalue weighted by molar-refractivity contribution is 5.28. The SMILES string of the molecule is CC(C)c1ccc(OCCNC(C)C2CC2)cc1. The summed E-state index contributed by atoms with van der Waals surface area (Å²) >= 11 is 0. The van der Waals surface area contributed by atoms with Gasteiger partial charge in [-0.2, -0.15) is 0 Å². The Kier molecular flexibility index (Phi) is 4.65. The van der Waals surface area contributed by atoms with Crippen molar-refractivity contribution < 1.29 is 4.74 Å². The van der Waals surface area contributed by atoms with Crippen molar-refractivity contribution in [2.24, 2.45) is 5.92 Å². The van der Waals surface area contributed by atoms with Gasteiger partial charge in [-0.25, -0.2) is 0 Å². The fourth-order valence-corrected chi connectivity index (χ4v) is 2.17. The van der Waals surface area contributed by atoms with E-state index in [2.05, 4.69) is 50.4 Å². The minimum absolute atomic E-state index is 0.583. The second-order valence-electron chi connectivity index (χ2n) is 5.65. The standard InChI is InChI=1S/C16H25NO/c1-12(2)14-6-8-16(9-7-14)18-11-10-17-13(3)15-4-5-15/h6-9,12-13,15,17H,4-5,10-11H2,1-3H3. The molecular formula is C16H25NO. The van der Waals surface area contributed by atoms with Gasteiger partial charge in [-0.05, 0) is 49.3 Å². The summed E-state index contributed by atoms with van der Waals surface area (Å²) in [5, 5.41) is 3.52. The van der Waals surface area contributed by atoms with Crippen molar-refractivity contribution in [3.05, 3.63) is 29.8 Å². The van der Waals surface area contributed by atoms with Crippen molar-refractivity contribution in [2.45, 2.75) is 45.6 Å². The molecule has 0 bridgehead atoms. The summed E-state index contributed by atoms with van der Waals surface area (Å²) in [6.45, 7) is 8.37. The molecule has 100 valence electrons. The Bertz CT molecular complexity index is 354. The lowest BCUT2D eigenvalue weighted by molar-refractivity contribution is 0.303. The van der Waals surface area contributed by atoms with E-state index in [1.165, 1.54) is 18.4 Å². The van der Waals surface area contributed by atoms with Gasteiger partial charge in [0.05, 0.1) is 0 Å². The van der Waals surface area contributed by atoms with Gasteiger partial charge in [0.15, 0.2) is 0 Å². The third-order valence-electron chi connectivity index (χ3n) is 3.71. The average Bonchev–Trinajstić information content (AvgIpc) is 3.19. The van der Waals surface area contributed by atoms with Crippen LogP contribution in [0.5, 0.6) is 5.75 Å². The quantitative estimate of drug-likeness (QED) is 0.744. The molecular weight excluding hydrogens is 222 g/mol. The molecule has 1 N–H and O–H groups in total. The van der Waals surface area contributed by atoms with Crippen LogP contribution in [0.2, 0.25) is 0 Å². The van der Waals surface area contributed by atoms with E-state index in [-0.39, 0.29) is 0 Å². The zero-order valence-electron chi connectivity index (χ0n) is 11.8. The maximum atomic E-state index is 5.73. The molecule has 0 aromatic heterocycles. The minimum atomic E-state index is 0.583. The summed E-state index contributed by atoms with van der Waals surface area (Å²) in [5.41, 5.74) is 1.36. The van der Waals surface area contributed by atoms with Gasteiger partial charge < -0.3 is 10.1 Å². The predicted octanol–water partition coefficient (Wildman–Crippen LogP) is 3.58. The van der Waals surface area contributed by atoms with Crippen LogP contribution >= 0.6 is 0 Å². The van der Waals surface area contributed by atoms with Gasteiger partial charge in [-0.1, -0.05) is 26.0 Å². The molecule has 1 unspecified atom stereocenters. The summed E-state index contributed by atoms with van der Waals surface area (Å²) in [4.78, 5) is 0. The number of hydrogen-bond acceptors (Lipinski definition) is 2. The highest BCUT2D eigenvalue weighted by Gasteiger charge is 2.27. The summed E-state index contributed by atoms with van der Waals surface area (Å²) < 4.78 is 5.73. The molecule has 1 aliphatic carbocycles. The molecule has 2 heteroatoms. The van der Waals surface area contributed by atoms with Crippen LogP contribution in [-0.2, 0) is 0 Å². The lowest BCUT2D eigenvalue weighted by atomic mass is 10.0. The maximum absolute atomic E-state index is 5.73. The number of benzene rings is 1. The van der Waals surface area contributed by atoms with Crippen molar-refractivity contribution in [3.63, 3.8) is 0 Å². The van der Waals surface area contributed by atoms with Gasteiger partial charge in [0.2, 0.25) is 0 Å². The Morgan fingerprint density at radius 3 is 2.39 bits per heavy atom. The molecule has 2 rings (SSSR count). The molecule has 0 heterocycles. The zero-order valence-corrected chi connectivity index (χ0v) is 11.8. The molecule has 2 nitrogen and oxygen atoms in total. The summed E-state index contributed by atoms with van der Waals surface area (Å²) in [7, 11) is 0. The Hall–Kier alpha value is -1.02. The largest absolute Gasteiger partial charge is 0.492 e. The smallest absolute Gasteiger partial charge is 0.119 e. The molecule has 0 radical (unpaired) electrons. The van der Waals surface area contributed by atoms with Gasteiger partial charge >= 0.3 is 0 Å². The Balaban J connectivity index is 1.66. The second-order valence-corrected chi connectivity index (χ2v) is 5.65. The van der Waals surface area contributed by atoms with Crippen LogP contribution in [0.15, 0.2) is 24.3 Å². The Morgan fingerprint density at radius 1 is 1.17 bits per heavy atom. The summed E-state index contributed by atoms with van der Waals surface area (Å²) in [6, 6.07) is 9.09. The van der Waals surface area contributed by atoms with Crippen LogP contribution in [0.4, 0.5) is 0 Å². The van der Waals surface area contributed by atoms with Crippen molar-refractivity contribution in [1.82, 2.24) is 5.32 Å². The van der Waals surface area contributed by atoms with Crippen molar-refractivity contribution in [1.29, 1.82) is 0 Å². The highest BCUT2D eigenvalue weighted by Crippen LogP contribution is 2.32. The third-order valence-corrected chi connectivity index (χ3v) is 3.71. The van der Waals surface area contributed by atoms with Crippen molar-refractivity contribution in [3.8, 4) is 5.75 Å². The van der Waals surface area contributed by atoms with Gasteiger partial charge in [0, 0.05) is 12.6 Å². The summed E-state index contributed by atoms with van der Waals surface area (Å²) in [6.07, 6.45) is 2.79. The van der Waals surface area contributed by atoms with E-state index < -0.39 is 0 Å². The molecule has 1 atom stereocenters. The normalized spacial score (nSPS) is 16.9. The first kappa shape index (κ1) is 13.4. The van der Waals surface area contributed by atoms with E-state index in [1.54, 1.807) is 0 Å². The van der Waals surface area contributed by atoms with Crippen LogP contribution in [0.3, 0.4) is 0 Å². The topological polar surface area (TPSA) is 21.3 Å². The zero-order chi connectivity index (χ0) is 13.0. The van der Waals surface area contributed by atoms with E-state index in [4.69, 9.17) is 4.74 Å². The van der Waals surface area contributed by atoms with Crippen LogP contribution in [0.1, 0.15) is 45.1 Å². The van der Waals surface area contributed by atoms with Crippen molar-refractivity contribution in [2.75, 3.05) is 13.2 Å². The molecule has 0 spiro atoms. The molecule has 0 aliphatic heterocycles. The molecule has 1 aromatic rings. The molecule has 0 amide bonds. The maximum Gasteiger partial charge on any atom is 0.119 e. The first-order valence-corrected chi connectivity index (χ1v) is 7.13.